The number of halogens is 1. The third-order valence-electron chi connectivity index (χ3n) is 2.62. The Hall–Kier alpha value is -1.14. The molecule has 0 spiro atoms. The maximum absolute atomic E-state index is 11.1. The zero-order valence-electron chi connectivity index (χ0n) is 10.2. The van der Waals surface area contributed by atoms with E-state index in [0.29, 0.717) is 23.0 Å². The van der Waals surface area contributed by atoms with E-state index in [4.69, 9.17) is 11.6 Å². The summed E-state index contributed by atoms with van der Waals surface area (Å²) < 4.78 is 1.51. The van der Waals surface area contributed by atoms with E-state index < -0.39 is 0 Å². The number of alkyl halides is 1. The first kappa shape index (κ1) is 13.3. The first-order valence-corrected chi connectivity index (χ1v) is 7.03. The SMILES string of the molecule is CC(C)CC(Cl)Cc1nc2sccn2c1[N+](=O)[O-]. The Labute approximate surface area is 114 Å². The van der Waals surface area contributed by atoms with Gasteiger partial charge in [0.25, 0.3) is 4.96 Å². The van der Waals surface area contributed by atoms with Crippen LogP contribution in [0.3, 0.4) is 0 Å². The Morgan fingerprint density at radius 2 is 2.33 bits per heavy atom. The number of thiazole rings is 1. The molecule has 0 saturated carbocycles. The number of hydrogen-bond donors (Lipinski definition) is 0. The lowest BCUT2D eigenvalue weighted by Crippen LogP contribution is -2.09. The number of imidazole rings is 1. The fourth-order valence-electron chi connectivity index (χ4n) is 1.95. The maximum Gasteiger partial charge on any atom is 0.351 e. The molecule has 0 N–H and O–H groups in total. The monoisotopic (exact) mass is 287 g/mol. The molecule has 0 fully saturated rings. The lowest BCUT2D eigenvalue weighted by atomic mass is 10.0. The van der Waals surface area contributed by atoms with Crippen LogP contribution in [0, 0.1) is 16.0 Å². The molecule has 0 amide bonds. The van der Waals surface area contributed by atoms with Gasteiger partial charge in [0, 0.05) is 17.2 Å². The van der Waals surface area contributed by atoms with Gasteiger partial charge < -0.3 is 10.1 Å². The first-order valence-electron chi connectivity index (χ1n) is 5.72. The molecule has 7 heteroatoms. The molecule has 98 valence electrons. The van der Waals surface area contributed by atoms with Gasteiger partial charge in [0.1, 0.15) is 11.9 Å². The van der Waals surface area contributed by atoms with Crippen molar-refractivity contribution in [3.05, 3.63) is 27.4 Å². The summed E-state index contributed by atoms with van der Waals surface area (Å²) >= 11 is 7.60. The molecule has 0 aromatic carbocycles. The summed E-state index contributed by atoms with van der Waals surface area (Å²) in [6, 6.07) is 0. The highest BCUT2D eigenvalue weighted by atomic mass is 35.5. The number of nitro groups is 1. The molecule has 0 aliphatic heterocycles. The van der Waals surface area contributed by atoms with E-state index in [2.05, 4.69) is 18.8 Å². The van der Waals surface area contributed by atoms with Crippen LogP contribution in [-0.2, 0) is 6.42 Å². The summed E-state index contributed by atoms with van der Waals surface area (Å²) in [7, 11) is 0. The molecule has 2 aromatic rings. The maximum atomic E-state index is 11.1. The van der Waals surface area contributed by atoms with E-state index in [-0.39, 0.29) is 16.1 Å². The van der Waals surface area contributed by atoms with Crippen LogP contribution in [0.4, 0.5) is 5.82 Å². The molecule has 0 bridgehead atoms. The van der Waals surface area contributed by atoms with Crippen molar-refractivity contribution in [2.45, 2.75) is 32.1 Å². The molecule has 0 aliphatic carbocycles. The summed E-state index contributed by atoms with van der Waals surface area (Å²) in [6.45, 7) is 4.16. The Morgan fingerprint density at radius 1 is 1.61 bits per heavy atom. The molecular formula is C11H14ClN3O2S. The highest BCUT2D eigenvalue weighted by Crippen LogP contribution is 2.27. The largest absolute Gasteiger partial charge is 0.358 e. The van der Waals surface area contributed by atoms with E-state index in [9.17, 15) is 10.1 Å². The molecule has 18 heavy (non-hydrogen) atoms. The van der Waals surface area contributed by atoms with Gasteiger partial charge in [-0.05, 0) is 17.3 Å². The second kappa shape index (κ2) is 5.24. The fraction of sp³-hybridized carbons (Fsp3) is 0.545. The standard InChI is InChI=1S/C11H14ClN3O2S/c1-7(2)5-8(12)6-9-10(15(16)17)14-3-4-18-11(14)13-9/h3-4,7-8H,5-6H2,1-2H3. The smallest absolute Gasteiger partial charge is 0.351 e. The van der Waals surface area contributed by atoms with Crippen LogP contribution in [0.1, 0.15) is 26.0 Å². The topological polar surface area (TPSA) is 60.4 Å². The average Bonchev–Trinajstić information content (AvgIpc) is 2.74. The summed E-state index contributed by atoms with van der Waals surface area (Å²) in [5.41, 5.74) is 0.479. The Bertz CT molecular complexity index is 564. The van der Waals surface area contributed by atoms with Crippen molar-refractivity contribution in [3.8, 4) is 0 Å². The van der Waals surface area contributed by atoms with Gasteiger partial charge in [-0.3, -0.25) is 0 Å². The van der Waals surface area contributed by atoms with Gasteiger partial charge in [-0.2, -0.15) is 9.38 Å². The molecule has 2 aromatic heterocycles. The molecular weight excluding hydrogens is 274 g/mol. The van der Waals surface area contributed by atoms with Gasteiger partial charge >= 0.3 is 5.82 Å². The summed E-state index contributed by atoms with van der Waals surface area (Å²) in [6.07, 6.45) is 2.93. The minimum absolute atomic E-state index is 0.0423. The third kappa shape index (κ3) is 2.64. The minimum atomic E-state index is -0.388. The molecule has 0 saturated heterocycles. The number of rotatable bonds is 5. The number of nitrogens with zero attached hydrogens (tertiary/aromatic N) is 3. The van der Waals surface area contributed by atoms with Crippen LogP contribution in [0.15, 0.2) is 11.6 Å². The van der Waals surface area contributed by atoms with Crippen LogP contribution < -0.4 is 0 Å². The summed E-state index contributed by atoms with van der Waals surface area (Å²) in [5, 5.41) is 12.8. The third-order valence-corrected chi connectivity index (χ3v) is 3.71. The number of aromatic nitrogens is 2. The Balaban J connectivity index is 2.29. The fourth-order valence-corrected chi connectivity index (χ4v) is 3.18. The van der Waals surface area contributed by atoms with Crippen molar-refractivity contribution >= 4 is 33.7 Å². The predicted octanol–water partition coefficient (Wildman–Crippen LogP) is 3.50. The highest BCUT2D eigenvalue weighted by molar-refractivity contribution is 7.15. The van der Waals surface area contributed by atoms with Crippen LogP contribution in [0.2, 0.25) is 0 Å². The van der Waals surface area contributed by atoms with E-state index in [1.54, 1.807) is 11.6 Å². The van der Waals surface area contributed by atoms with Crippen molar-refractivity contribution in [3.63, 3.8) is 0 Å². The normalized spacial score (nSPS) is 13.3. The molecule has 0 radical (unpaired) electrons. The second-order valence-corrected chi connectivity index (χ2v) is 6.12. The van der Waals surface area contributed by atoms with Crippen LogP contribution in [-0.4, -0.2) is 19.7 Å². The minimum Gasteiger partial charge on any atom is -0.358 e. The first-order chi connectivity index (χ1) is 8.49. The summed E-state index contributed by atoms with van der Waals surface area (Å²) in [5.74, 6) is 0.510. The van der Waals surface area contributed by atoms with Gasteiger partial charge in [-0.1, -0.05) is 25.2 Å². The zero-order chi connectivity index (χ0) is 13.3. The van der Waals surface area contributed by atoms with Gasteiger partial charge in [-0.15, -0.1) is 11.6 Å². The van der Waals surface area contributed by atoms with Crippen molar-refractivity contribution in [2.75, 3.05) is 0 Å². The number of fused-ring (bicyclic) bond motifs is 1. The molecule has 0 aliphatic rings. The van der Waals surface area contributed by atoms with Gasteiger partial charge in [0.15, 0.2) is 0 Å². The number of hydrogen-bond acceptors (Lipinski definition) is 4. The lowest BCUT2D eigenvalue weighted by Gasteiger charge is -2.09. The Kier molecular flexibility index (Phi) is 3.87. The zero-order valence-corrected chi connectivity index (χ0v) is 11.7. The predicted molar refractivity (Wildman–Crippen MR) is 72.5 cm³/mol. The molecule has 1 atom stereocenters. The molecule has 2 heterocycles. The van der Waals surface area contributed by atoms with Gasteiger partial charge in [-0.25, -0.2) is 0 Å². The quantitative estimate of drug-likeness (QED) is 0.480. The van der Waals surface area contributed by atoms with E-state index in [0.717, 1.165) is 6.42 Å². The van der Waals surface area contributed by atoms with Crippen LogP contribution in [0.25, 0.3) is 4.96 Å². The van der Waals surface area contributed by atoms with Crippen molar-refractivity contribution in [1.82, 2.24) is 9.38 Å². The lowest BCUT2D eigenvalue weighted by molar-refractivity contribution is -0.391. The van der Waals surface area contributed by atoms with E-state index in [1.807, 2.05) is 0 Å². The molecule has 5 nitrogen and oxygen atoms in total. The summed E-state index contributed by atoms with van der Waals surface area (Å²) in [4.78, 5) is 15.7. The second-order valence-electron chi connectivity index (χ2n) is 4.63. The van der Waals surface area contributed by atoms with Gasteiger partial charge in [0.2, 0.25) is 0 Å². The van der Waals surface area contributed by atoms with Crippen molar-refractivity contribution in [1.29, 1.82) is 0 Å². The van der Waals surface area contributed by atoms with E-state index in [1.165, 1.54) is 15.7 Å². The molecule has 1 unspecified atom stereocenters. The average molecular weight is 288 g/mol. The van der Waals surface area contributed by atoms with Crippen molar-refractivity contribution < 1.29 is 4.92 Å². The van der Waals surface area contributed by atoms with Crippen LogP contribution in [0.5, 0.6) is 0 Å². The highest BCUT2D eigenvalue weighted by Gasteiger charge is 2.25. The van der Waals surface area contributed by atoms with Crippen molar-refractivity contribution in [2.24, 2.45) is 5.92 Å². The van der Waals surface area contributed by atoms with E-state index >= 15 is 0 Å². The molecule has 2 rings (SSSR count). The van der Waals surface area contributed by atoms with Gasteiger partial charge in [0.05, 0.1) is 0 Å². The Morgan fingerprint density at radius 3 is 2.94 bits per heavy atom. The van der Waals surface area contributed by atoms with Crippen LogP contribution >= 0.6 is 22.9 Å².